The Morgan fingerprint density at radius 1 is 0.688 bits per heavy atom. The van der Waals surface area contributed by atoms with Crippen LogP contribution < -0.4 is 0 Å². The minimum atomic E-state index is -0.926. The third kappa shape index (κ3) is 6.67. The minimum Gasteiger partial charge on any atom is -0.481 e. The number of carboxylic acids is 2. The summed E-state index contributed by atoms with van der Waals surface area (Å²) in [5.41, 5.74) is -0.253. The molecule has 0 aliphatic rings. The molecule has 0 fully saturated rings. The van der Waals surface area contributed by atoms with Crippen molar-refractivity contribution in [1.82, 2.24) is 0 Å². The van der Waals surface area contributed by atoms with Crippen LogP contribution in [0.5, 0.6) is 0 Å². The van der Waals surface area contributed by atoms with E-state index in [1.54, 1.807) is 13.8 Å². The van der Waals surface area contributed by atoms with Crippen molar-refractivity contribution in [2.75, 3.05) is 0 Å². The van der Waals surface area contributed by atoms with E-state index in [-0.39, 0.29) is 0 Å². The molecular weight excluding hydrogens is 404 g/mol. The Bertz CT molecular complexity index is 779. The second kappa shape index (κ2) is 11.8. The van der Waals surface area contributed by atoms with Gasteiger partial charge in [-0.15, -0.1) is 0 Å². The molecule has 0 amide bonds. The molecule has 0 bridgehead atoms. The molecule has 0 aromatic heterocycles. The molecule has 2 rings (SSSR count). The molecular formula is C27H36O5. The Kier molecular flexibility index (Phi) is 9.45. The molecule has 174 valence electrons. The van der Waals surface area contributed by atoms with Crippen LogP contribution in [0.3, 0.4) is 0 Å². The quantitative estimate of drug-likeness (QED) is 0.335. The van der Waals surface area contributed by atoms with Gasteiger partial charge in [0.2, 0.25) is 0 Å². The van der Waals surface area contributed by atoms with Crippen molar-refractivity contribution < 1.29 is 24.9 Å². The van der Waals surface area contributed by atoms with E-state index in [1.807, 2.05) is 60.7 Å². The molecule has 3 N–H and O–H groups in total. The van der Waals surface area contributed by atoms with Gasteiger partial charge in [0.15, 0.2) is 0 Å². The normalized spacial score (nSPS) is 16.0. The van der Waals surface area contributed by atoms with Gasteiger partial charge in [-0.2, -0.15) is 0 Å². The first-order valence-corrected chi connectivity index (χ1v) is 11.5. The second-order valence-electron chi connectivity index (χ2n) is 9.15. The number of aliphatic hydroxyl groups is 1. The average Bonchev–Trinajstić information content (AvgIpc) is 2.80. The first-order chi connectivity index (χ1) is 15.2. The number of hydrogen-bond donors (Lipinski definition) is 3. The number of rotatable bonds is 14. The summed E-state index contributed by atoms with van der Waals surface area (Å²) in [4.78, 5) is 23.7. The number of aliphatic carboxylic acids is 2. The molecule has 0 radical (unpaired) electrons. The van der Waals surface area contributed by atoms with Crippen molar-refractivity contribution in [1.29, 1.82) is 0 Å². The Morgan fingerprint density at radius 2 is 1.03 bits per heavy atom. The maximum Gasteiger partial charge on any atom is 0.313 e. The molecule has 0 aliphatic carbocycles. The Labute approximate surface area is 191 Å². The lowest BCUT2D eigenvalue weighted by Gasteiger charge is -2.26. The highest BCUT2D eigenvalue weighted by Gasteiger charge is 2.35. The van der Waals surface area contributed by atoms with Gasteiger partial charge in [0.1, 0.15) is 0 Å². The molecule has 0 aliphatic heterocycles. The topological polar surface area (TPSA) is 94.8 Å². The van der Waals surface area contributed by atoms with Crippen LogP contribution in [0.15, 0.2) is 60.7 Å². The lowest BCUT2D eigenvalue weighted by atomic mass is 9.77. The van der Waals surface area contributed by atoms with E-state index < -0.39 is 28.9 Å². The van der Waals surface area contributed by atoms with Crippen LogP contribution in [0.4, 0.5) is 0 Å². The summed E-state index contributed by atoms with van der Waals surface area (Å²) in [7, 11) is 0. The van der Waals surface area contributed by atoms with Gasteiger partial charge in [-0.3, -0.25) is 9.59 Å². The Balaban J connectivity index is 1.74. The monoisotopic (exact) mass is 440 g/mol. The van der Waals surface area contributed by atoms with Crippen LogP contribution in [0.2, 0.25) is 0 Å². The molecule has 0 heterocycles. The Hall–Kier alpha value is -2.66. The molecule has 32 heavy (non-hydrogen) atoms. The highest BCUT2D eigenvalue weighted by Crippen LogP contribution is 2.32. The summed E-state index contributed by atoms with van der Waals surface area (Å²) in [6.45, 7) is 3.51. The van der Waals surface area contributed by atoms with Gasteiger partial charge < -0.3 is 15.3 Å². The van der Waals surface area contributed by atoms with Crippen LogP contribution in [-0.2, 0) is 20.4 Å². The predicted molar refractivity (Wildman–Crippen MR) is 126 cm³/mol. The first-order valence-electron chi connectivity index (χ1n) is 11.5. The molecule has 2 aromatic carbocycles. The summed E-state index contributed by atoms with van der Waals surface area (Å²) in [6, 6.07) is 18.6. The van der Waals surface area contributed by atoms with Crippen LogP contribution in [0, 0.1) is 0 Å². The van der Waals surface area contributed by atoms with E-state index >= 15 is 0 Å². The zero-order valence-electron chi connectivity index (χ0n) is 19.2. The molecule has 0 saturated carbocycles. The number of aliphatic hydroxyl groups excluding tert-OH is 1. The van der Waals surface area contributed by atoms with E-state index in [9.17, 15) is 24.9 Å². The fourth-order valence-electron chi connectivity index (χ4n) is 4.22. The standard InChI is InChI=1S/C27H36O5/c1-26(24(29)30,21-13-5-3-6-14-21)19-11-9-17-23(28)18-10-12-20-27(2,25(31)32)22-15-7-4-8-16-22/h3-8,13-16,23,28H,9-12,17-20H2,1-2H3,(H,29,30)(H,31,32). The molecule has 0 saturated heterocycles. The van der Waals surface area contributed by atoms with Crippen LogP contribution in [0.1, 0.15) is 76.3 Å². The first kappa shape index (κ1) is 25.6. The van der Waals surface area contributed by atoms with Gasteiger partial charge >= 0.3 is 11.9 Å². The molecule has 2 atom stereocenters. The average molecular weight is 441 g/mol. The van der Waals surface area contributed by atoms with E-state index in [0.717, 1.165) is 36.8 Å². The maximum absolute atomic E-state index is 11.9. The predicted octanol–water partition coefficient (Wildman–Crippen LogP) is 5.55. The number of carboxylic acid groups (broad SMARTS) is 2. The SMILES string of the molecule is CC(CCCCC(O)CCCCC(C)(C(=O)O)c1ccccc1)(C(=O)O)c1ccccc1. The van der Waals surface area contributed by atoms with E-state index in [4.69, 9.17) is 0 Å². The smallest absolute Gasteiger partial charge is 0.313 e. The third-order valence-electron chi connectivity index (χ3n) is 6.69. The van der Waals surface area contributed by atoms with Gasteiger partial charge in [0, 0.05) is 0 Å². The molecule has 2 unspecified atom stereocenters. The summed E-state index contributed by atoms with van der Waals surface area (Å²) in [5, 5.41) is 29.8. The van der Waals surface area contributed by atoms with E-state index in [2.05, 4.69) is 0 Å². The van der Waals surface area contributed by atoms with Crippen molar-refractivity contribution in [3.63, 3.8) is 0 Å². The number of benzene rings is 2. The minimum absolute atomic E-state index is 0.449. The number of unbranched alkanes of at least 4 members (excludes halogenated alkanes) is 2. The maximum atomic E-state index is 11.9. The molecule has 0 spiro atoms. The highest BCUT2D eigenvalue weighted by molar-refractivity contribution is 5.81. The fourth-order valence-corrected chi connectivity index (χ4v) is 4.22. The molecule has 2 aromatic rings. The van der Waals surface area contributed by atoms with Gasteiger partial charge in [0.05, 0.1) is 16.9 Å². The van der Waals surface area contributed by atoms with Crippen LogP contribution >= 0.6 is 0 Å². The van der Waals surface area contributed by atoms with Gasteiger partial charge in [-0.25, -0.2) is 0 Å². The summed E-state index contributed by atoms with van der Waals surface area (Å²) < 4.78 is 0. The van der Waals surface area contributed by atoms with Crippen molar-refractivity contribution >= 4 is 11.9 Å². The zero-order chi connectivity index (χ0) is 23.6. The van der Waals surface area contributed by atoms with Gasteiger partial charge in [-0.05, 0) is 50.7 Å². The fraction of sp³-hybridized carbons (Fsp3) is 0.481. The third-order valence-corrected chi connectivity index (χ3v) is 6.69. The molecule has 5 nitrogen and oxygen atoms in total. The van der Waals surface area contributed by atoms with Crippen molar-refractivity contribution in [2.45, 2.75) is 82.1 Å². The van der Waals surface area contributed by atoms with Crippen molar-refractivity contribution in [3.05, 3.63) is 71.8 Å². The van der Waals surface area contributed by atoms with Crippen molar-refractivity contribution in [2.24, 2.45) is 0 Å². The summed E-state index contributed by atoms with van der Waals surface area (Å²) >= 11 is 0. The molecule has 5 heteroatoms. The van der Waals surface area contributed by atoms with E-state index in [1.165, 1.54) is 0 Å². The highest BCUT2D eigenvalue weighted by atomic mass is 16.4. The largest absolute Gasteiger partial charge is 0.481 e. The number of hydrogen-bond acceptors (Lipinski definition) is 3. The van der Waals surface area contributed by atoms with Crippen LogP contribution in [-0.4, -0.2) is 33.4 Å². The lowest BCUT2D eigenvalue weighted by Crippen LogP contribution is -2.32. The zero-order valence-corrected chi connectivity index (χ0v) is 19.2. The second-order valence-corrected chi connectivity index (χ2v) is 9.15. The Morgan fingerprint density at radius 3 is 1.34 bits per heavy atom. The van der Waals surface area contributed by atoms with Crippen LogP contribution in [0.25, 0.3) is 0 Å². The summed E-state index contributed by atoms with van der Waals surface area (Å²) in [6.07, 6.45) is 4.80. The lowest BCUT2D eigenvalue weighted by molar-refractivity contribution is -0.144. The van der Waals surface area contributed by atoms with Crippen molar-refractivity contribution in [3.8, 4) is 0 Å². The summed E-state index contributed by atoms with van der Waals surface area (Å²) in [5.74, 6) is -1.66. The van der Waals surface area contributed by atoms with Gasteiger partial charge in [0.25, 0.3) is 0 Å². The van der Waals surface area contributed by atoms with Gasteiger partial charge in [-0.1, -0.05) is 86.3 Å². The number of carbonyl (C=O) groups is 2. The van der Waals surface area contributed by atoms with E-state index in [0.29, 0.717) is 25.7 Å².